The van der Waals surface area contributed by atoms with Gasteiger partial charge in [-0.15, -0.1) is 4.91 Å². The number of benzene rings is 3. The average Bonchev–Trinajstić information content (AvgIpc) is 2.74. The van der Waals surface area contributed by atoms with Crippen LogP contribution < -0.4 is 9.46 Å². The van der Waals surface area contributed by atoms with Gasteiger partial charge in [0.15, 0.2) is 0 Å². The maximum Gasteiger partial charge on any atom is 0.340 e. The van der Waals surface area contributed by atoms with Gasteiger partial charge in [-0.3, -0.25) is 4.72 Å². The molecule has 0 aliphatic carbocycles. The molecule has 0 unspecified atom stereocenters. The predicted octanol–water partition coefficient (Wildman–Crippen LogP) is 5.43. The van der Waals surface area contributed by atoms with Gasteiger partial charge in [-0.2, -0.15) is 0 Å². The molecule has 10 heteroatoms. The maximum absolute atomic E-state index is 12.7. The number of nitroso groups, excluding NO2 is 1. The summed E-state index contributed by atoms with van der Waals surface area (Å²) in [5.41, 5.74) is 0.948. The fraction of sp³-hybridized carbons (Fsp3) is 0.0952. The van der Waals surface area contributed by atoms with Crippen LogP contribution in [0.3, 0.4) is 0 Å². The number of hydrogen-bond acceptors (Lipinski definition) is 7. The number of carbonyl (C=O) groups excluding carboxylic acids is 1. The number of esters is 1. The molecule has 0 radical (unpaired) electrons. The predicted molar refractivity (Wildman–Crippen MR) is 117 cm³/mol. The van der Waals surface area contributed by atoms with E-state index in [4.69, 9.17) is 21.1 Å². The minimum absolute atomic E-state index is 0.0262. The second-order valence-corrected chi connectivity index (χ2v) is 8.51. The van der Waals surface area contributed by atoms with Crippen molar-refractivity contribution >= 4 is 39.0 Å². The Morgan fingerprint density at radius 3 is 2.26 bits per heavy atom. The largest absolute Gasteiger partial charge is 0.465 e. The molecule has 1 N–H and O–H groups in total. The summed E-state index contributed by atoms with van der Waals surface area (Å²) in [4.78, 5) is 22.9. The SMILES string of the molecule is COC(=O)c1cc(Oc2ccc(N=O)c(Cl)c2)ccc1NS(=O)(=O)c1ccc(C)cc1. The van der Waals surface area contributed by atoms with Crippen LogP contribution in [0, 0.1) is 11.8 Å². The Balaban J connectivity index is 1.93. The van der Waals surface area contributed by atoms with Gasteiger partial charge in [-0.05, 0) is 54.6 Å². The van der Waals surface area contributed by atoms with Crippen molar-refractivity contribution in [2.75, 3.05) is 11.8 Å². The molecule has 3 aromatic carbocycles. The number of hydrogen-bond donors (Lipinski definition) is 1. The van der Waals surface area contributed by atoms with Crippen molar-refractivity contribution in [3.8, 4) is 11.5 Å². The zero-order valence-corrected chi connectivity index (χ0v) is 18.0. The van der Waals surface area contributed by atoms with Crippen molar-refractivity contribution in [2.24, 2.45) is 5.18 Å². The quantitative estimate of drug-likeness (QED) is 0.372. The number of aryl methyl sites for hydroxylation is 1. The molecular formula is C21H17ClN2O6S. The minimum atomic E-state index is -3.94. The Kier molecular flexibility index (Phi) is 6.57. The van der Waals surface area contributed by atoms with E-state index in [1.54, 1.807) is 12.1 Å². The van der Waals surface area contributed by atoms with Crippen molar-refractivity contribution in [2.45, 2.75) is 11.8 Å². The zero-order chi connectivity index (χ0) is 22.6. The molecule has 31 heavy (non-hydrogen) atoms. The standard InChI is InChI=1S/C21H17ClN2O6S/c1-13-3-7-16(8-4-13)31(27,28)24-19-9-5-14(11-17(19)21(25)29-2)30-15-6-10-20(23-26)18(22)12-15/h3-12,24H,1-2H3. The molecule has 0 aromatic heterocycles. The van der Waals surface area contributed by atoms with Crippen molar-refractivity contribution < 1.29 is 22.7 Å². The van der Waals surface area contributed by atoms with Gasteiger partial charge in [0.1, 0.15) is 17.2 Å². The Morgan fingerprint density at radius 2 is 1.65 bits per heavy atom. The summed E-state index contributed by atoms with van der Waals surface area (Å²) in [6, 6.07) is 14.7. The van der Waals surface area contributed by atoms with Crippen molar-refractivity contribution in [1.29, 1.82) is 0 Å². The highest BCUT2D eigenvalue weighted by Crippen LogP contribution is 2.33. The lowest BCUT2D eigenvalue weighted by Crippen LogP contribution is -2.16. The number of anilines is 1. The van der Waals surface area contributed by atoms with E-state index >= 15 is 0 Å². The lowest BCUT2D eigenvalue weighted by molar-refractivity contribution is 0.0601. The molecule has 0 bridgehead atoms. The summed E-state index contributed by atoms with van der Waals surface area (Å²) in [7, 11) is -2.76. The minimum Gasteiger partial charge on any atom is -0.465 e. The van der Waals surface area contributed by atoms with E-state index in [1.165, 1.54) is 55.6 Å². The summed E-state index contributed by atoms with van der Waals surface area (Å²) >= 11 is 5.94. The molecule has 0 spiro atoms. The van der Waals surface area contributed by atoms with E-state index in [0.29, 0.717) is 5.75 Å². The highest BCUT2D eigenvalue weighted by molar-refractivity contribution is 7.92. The second kappa shape index (κ2) is 9.15. The summed E-state index contributed by atoms with van der Waals surface area (Å²) in [5, 5.41) is 2.88. The van der Waals surface area contributed by atoms with Crippen LogP contribution in [0.2, 0.25) is 5.02 Å². The monoisotopic (exact) mass is 460 g/mol. The van der Waals surface area contributed by atoms with Gasteiger partial charge in [-0.1, -0.05) is 29.3 Å². The first-order chi connectivity index (χ1) is 14.7. The van der Waals surface area contributed by atoms with Gasteiger partial charge >= 0.3 is 5.97 Å². The lowest BCUT2D eigenvalue weighted by atomic mass is 10.1. The number of nitrogens with zero attached hydrogens (tertiary/aromatic N) is 1. The third-order valence-electron chi connectivity index (χ3n) is 4.23. The average molecular weight is 461 g/mol. The Morgan fingerprint density at radius 1 is 1.00 bits per heavy atom. The van der Waals surface area contributed by atoms with Gasteiger partial charge in [-0.25, -0.2) is 13.2 Å². The van der Waals surface area contributed by atoms with Crippen LogP contribution in [0.5, 0.6) is 11.5 Å². The first-order valence-corrected chi connectivity index (χ1v) is 10.7. The highest BCUT2D eigenvalue weighted by atomic mass is 35.5. The Bertz CT molecular complexity index is 1240. The topological polar surface area (TPSA) is 111 Å². The van der Waals surface area contributed by atoms with E-state index in [1.807, 2.05) is 6.92 Å². The van der Waals surface area contributed by atoms with Gasteiger partial charge in [0, 0.05) is 6.07 Å². The molecule has 0 amide bonds. The maximum atomic E-state index is 12.7. The molecule has 0 heterocycles. The summed E-state index contributed by atoms with van der Waals surface area (Å²) in [6.07, 6.45) is 0. The third-order valence-corrected chi connectivity index (χ3v) is 5.91. The van der Waals surface area contributed by atoms with Crippen molar-refractivity contribution in [3.05, 3.63) is 81.7 Å². The van der Waals surface area contributed by atoms with Crippen molar-refractivity contribution in [1.82, 2.24) is 0 Å². The lowest BCUT2D eigenvalue weighted by Gasteiger charge is -2.14. The number of carbonyl (C=O) groups is 1. The van der Waals surface area contributed by atoms with E-state index in [0.717, 1.165) is 5.56 Å². The van der Waals surface area contributed by atoms with E-state index in [9.17, 15) is 18.1 Å². The van der Waals surface area contributed by atoms with Gasteiger partial charge in [0.25, 0.3) is 10.0 Å². The Labute approximate surface area is 183 Å². The van der Waals surface area contributed by atoms with Crippen LogP contribution >= 0.6 is 11.6 Å². The number of ether oxygens (including phenoxy) is 2. The number of sulfonamides is 1. The normalized spacial score (nSPS) is 10.9. The molecule has 0 saturated carbocycles. The molecule has 0 fully saturated rings. The van der Waals surface area contributed by atoms with Crippen LogP contribution in [0.25, 0.3) is 0 Å². The molecule has 0 saturated heterocycles. The summed E-state index contributed by atoms with van der Waals surface area (Å²) < 4.78 is 38.2. The van der Waals surface area contributed by atoms with Crippen LogP contribution in [-0.2, 0) is 14.8 Å². The Hall–Kier alpha value is -3.43. The molecule has 8 nitrogen and oxygen atoms in total. The fourth-order valence-electron chi connectivity index (χ4n) is 2.64. The molecule has 3 aromatic rings. The zero-order valence-electron chi connectivity index (χ0n) is 16.5. The third kappa shape index (κ3) is 5.19. The molecule has 3 rings (SSSR count). The summed E-state index contributed by atoms with van der Waals surface area (Å²) in [5.74, 6) is -0.242. The van der Waals surface area contributed by atoms with Crippen LogP contribution in [0.1, 0.15) is 15.9 Å². The molecule has 160 valence electrons. The van der Waals surface area contributed by atoms with Crippen LogP contribution in [-0.4, -0.2) is 21.5 Å². The number of nitrogens with one attached hydrogen (secondary N) is 1. The number of halogens is 1. The molecular weight excluding hydrogens is 444 g/mol. The van der Waals surface area contributed by atoms with E-state index in [-0.39, 0.29) is 32.6 Å². The van der Waals surface area contributed by atoms with E-state index < -0.39 is 16.0 Å². The molecule has 0 atom stereocenters. The van der Waals surface area contributed by atoms with Gasteiger partial charge in [0.05, 0.1) is 28.3 Å². The van der Waals surface area contributed by atoms with Gasteiger partial charge in [0.2, 0.25) is 0 Å². The van der Waals surface area contributed by atoms with E-state index in [2.05, 4.69) is 9.90 Å². The fourth-order valence-corrected chi connectivity index (χ4v) is 3.92. The summed E-state index contributed by atoms with van der Waals surface area (Å²) in [6.45, 7) is 1.84. The second-order valence-electron chi connectivity index (χ2n) is 6.42. The number of methoxy groups -OCH3 is 1. The molecule has 0 aliphatic rings. The first-order valence-electron chi connectivity index (χ1n) is 8.86. The molecule has 0 aliphatic heterocycles. The smallest absolute Gasteiger partial charge is 0.340 e. The highest BCUT2D eigenvalue weighted by Gasteiger charge is 2.20. The van der Waals surface area contributed by atoms with Crippen LogP contribution in [0.15, 0.2) is 70.7 Å². The van der Waals surface area contributed by atoms with Crippen molar-refractivity contribution in [3.63, 3.8) is 0 Å². The van der Waals surface area contributed by atoms with Crippen LogP contribution in [0.4, 0.5) is 11.4 Å². The first kappa shape index (κ1) is 22.3. The number of rotatable bonds is 7. The van der Waals surface area contributed by atoms with Gasteiger partial charge < -0.3 is 9.47 Å².